The molecule has 0 aliphatic rings. The molecule has 0 aromatic heterocycles. The van der Waals surface area contributed by atoms with Crippen molar-refractivity contribution in [1.82, 2.24) is 0 Å². The van der Waals surface area contributed by atoms with Crippen LogP contribution in [0.2, 0.25) is 0 Å². The second kappa shape index (κ2) is 41.3. The minimum atomic E-state index is -4.31. The fourth-order valence-corrected chi connectivity index (χ4v) is 6.35. The van der Waals surface area contributed by atoms with Crippen molar-refractivity contribution in [3.8, 4) is 0 Å². The molecule has 51 heavy (non-hydrogen) atoms. The molecule has 0 spiro atoms. The Morgan fingerprint density at radius 2 is 0.667 bits per heavy atom. The Morgan fingerprint density at radius 3 is 0.961 bits per heavy atom. The number of hydrogen-bond acceptors (Lipinski definition) is 11. The molecule has 0 aliphatic heterocycles. The predicted octanol–water partition coefficient (Wildman–Crippen LogP) is 1.53. The zero-order valence-electron chi connectivity index (χ0n) is 33.1. The first-order valence-corrected chi connectivity index (χ1v) is 22.6. The third kappa shape index (κ3) is 47.7. The Balaban J connectivity index is -0.0000115. The second-order valence-electron chi connectivity index (χ2n) is 13.3. The smallest absolute Gasteiger partial charge is 0.748 e. The van der Waals surface area contributed by atoms with E-state index in [0.29, 0.717) is 13.2 Å². The molecule has 0 rings (SSSR count). The average molecular weight is 791 g/mol. The van der Waals surface area contributed by atoms with E-state index in [1.165, 1.54) is 103 Å². The zero-order valence-corrected chi connectivity index (χ0v) is 38.7. The molecule has 0 bridgehead atoms. The van der Waals surface area contributed by atoms with E-state index >= 15 is 0 Å². The van der Waals surface area contributed by atoms with Gasteiger partial charge in [-0.15, -0.1) is 0 Å². The summed E-state index contributed by atoms with van der Waals surface area (Å²) in [6, 6.07) is 0. The van der Waals surface area contributed by atoms with Crippen LogP contribution in [0.1, 0.15) is 155 Å². The minimum absolute atomic E-state index is 0. The number of ether oxygens (including phenoxy) is 5. The van der Waals surface area contributed by atoms with E-state index in [1.807, 2.05) is 0 Å². The quantitative estimate of drug-likeness (QED) is 0.0503. The van der Waals surface area contributed by atoms with Crippen LogP contribution in [0.4, 0.5) is 0 Å². The van der Waals surface area contributed by atoms with Crippen molar-refractivity contribution in [2.24, 2.45) is 0 Å². The molecule has 2 unspecified atom stereocenters. The first-order chi connectivity index (χ1) is 23.6. The van der Waals surface area contributed by atoms with E-state index in [2.05, 4.69) is 13.8 Å². The minimum Gasteiger partial charge on any atom is -0.748 e. The number of hydrogen-bond donors (Lipinski definition) is 0. The van der Waals surface area contributed by atoms with E-state index in [9.17, 15) is 25.9 Å². The Hall–Kier alpha value is 1.62. The SMILES string of the molecule is CCCCCCCCCCCCOCC(COCC(COCCCCCCCCCCCC)OCCCS(=O)(=O)[O-])OCCCS(=O)(=O)[O-].[Na+].[Na+]. The fraction of sp³-hybridized carbons (Fsp3) is 1.00. The van der Waals surface area contributed by atoms with Crippen molar-refractivity contribution >= 4 is 20.2 Å². The van der Waals surface area contributed by atoms with Crippen molar-refractivity contribution in [3.63, 3.8) is 0 Å². The molecule has 0 amide bonds. The van der Waals surface area contributed by atoms with Crippen LogP contribution in [0, 0.1) is 0 Å². The van der Waals surface area contributed by atoms with Gasteiger partial charge in [0.1, 0.15) is 12.2 Å². The van der Waals surface area contributed by atoms with Crippen LogP contribution in [-0.2, 0) is 43.9 Å². The summed E-state index contributed by atoms with van der Waals surface area (Å²) in [5, 5.41) is 0. The normalized spacial score (nSPS) is 13.1. The first-order valence-electron chi connectivity index (χ1n) is 19.4. The van der Waals surface area contributed by atoms with Crippen molar-refractivity contribution in [1.29, 1.82) is 0 Å². The summed E-state index contributed by atoms with van der Waals surface area (Å²) in [5.74, 6) is -0.989. The summed E-state index contributed by atoms with van der Waals surface area (Å²) in [6.07, 6.45) is 23.9. The summed E-state index contributed by atoms with van der Waals surface area (Å²) in [7, 11) is -8.63. The largest absolute Gasteiger partial charge is 1.00 e. The molecule has 0 aromatic rings. The van der Waals surface area contributed by atoms with E-state index < -0.39 is 43.9 Å². The van der Waals surface area contributed by atoms with Crippen molar-refractivity contribution in [2.75, 3.05) is 64.4 Å². The van der Waals surface area contributed by atoms with Gasteiger partial charge in [-0.2, -0.15) is 0 Å². The number of rotatable bonds is 40. The van der Waals surface area contributed by atoms with Gasteiger partial charge in [-0.3, -0.25) is 0 Å². The van der Waals surface area contributed by atoms with Crippen LogP contribution >= 0.6 is 0 Å². The Morgan fingerprint density at radius 1 is 0.392 bits per heavy atom. The molecular formula is C36H72Na2O11S2. The van der Waals surface area contributed by atoms with E-state index in [0.717, 1.165) is 25.7 Å². The van der Waals surface area contributed by atoms with Gasteiger partial charge >= 0.3 is 59.1 Å². The summed E-state index contributed by atoms with van der Waals surface area (Å²) < 4.78 is 95.1. The second-order valence-corrected chi connectivity index (χ2v) is 16.3. The molecule has 0 N–H and O–H groups in total. The van der Waals surface area contributed by atoms with Crippen LogP contribution in [0.3, 0.4) is 0 Å². The molecule has 0 heterocycles. The maximum absolute atomic E-state index is 11.0. The summed E-state index contributed by atoms with van der Waals surface area (Å²) >= 11 is 0. The molecule has 15 heteroatoms. The number of unbranched alkanes of at least 4 members (excludes halogenated alkanes) is 18. The third-order valence-electron chi connectivity index (χ3n) is 8.28. The van der Waals surface area contributed by atoms with Gasteiger partial charge in [0.25, 0.3) is 0 Å². The average Bonchev–Trinajstić information content (AvgIpc) is 3.04. The topological polar surface area (TPSA) is 161 Å². The maximum atomic E-state index is 11.0. The van der Waals surface area contributed by atoms with Crippen LogP contribution in [0.25, 0.3) is 0 Å². The molecule has 0 saturated heterocycles. The van der Waals surface area contributed by atoms with E-state index in [4.69, 9.17) is 23.7 Å². The van der Waals surface area contributed by atoms with Gasteiger partial charge in [-0.25, -0.2) is 16.8 Å². The Labute approximate surface area is 357 Å². The van der Waals surface area contributed by atoms with Crippen LogP contribution in [0.5, 0.6) is 0 Å². The summed E-state index contributed by atoms with van der Waals surface area (Å²) in [4.78, 5) is 0. The predicted molar refractivity (Wildman–Crippen MR) is 194 cm³/mol. The van der Waals surface area contributed by atoms with Crippen LogP contribution in [0.15, 0.2) is 0 Å². The maximum Gasteiger partial charge on any atom is 1.00 e. The molecule has 0 aliphatic carbocycles. The van der Waals surface area contributed by atoms with Crippen LogP contribution in [-0.4, -0.2) is 103 Å². The van der Waals surface area contributed by atoms with Crippen molar-refractivity contribution < 1.29 is 109 Å². The van der Waals surface area contributed by atoms with Crippen molar-refractivity contribution in [2.45, 2.75) is 167 Å². The molecule has 11 nitrogen and oxygen atoms in total. The van der Waals surface area contributed by atoms with Gasteiger partial charge in [0.2, 0.25) is 0 Å². The first kappa shape index (κ1) is 56.9. The van der Waals surface area contributed by atoms with Gasteiger partial charge in [-0.1, -0.05) is 129 Å². The Bertz CT molecular complexity index is 841. The van der Waals surface area contributed by atoms with E-state index in [1.54, 1.807) is 0 Å². The molecule has 0 aromatic carbocycles. The molecule has 296 valence electrons. The zero-order chi connectivity index (χ0) is 36.3. The summed E-state index contributed by atoms with van der Waals surface area (Å²) in [5.41, 5.74) is 0. The molecule has 0 saturated carbocycles. The molecule has 2 atom stereocenters. The molecule has 0 radical (unpaired) electrons. The third-order valence-corrected chi connectivity index (χ3v) is 9.86. The Kier molecular flexibility index (Phi) is 46.1. The van der Waals surface area contributed by atoms with Crippen LogP contribution < -0.4 is 59.1 Å². The van der Waals surface area contributed by atoms with Gasteiger partial charge in [0, 0.05) is 37.9 Å². The van der Waals surface area contributed by atoms with Gasteiger partial charge < -0.3 is 32.8 Å². The fourth-order valence-electron chi connectivity index (χ4n) is 5.40. The molecular weight excluding hydrogens is 718 g/mol. The van der Waals surface area contributed by atoms with Gasteiger partial charge in [0.05, 0.1) is 46.7 Å². The standard InChI is InChI=1S/C36H74O11S2.2Na/c1-3-5-7-9-11-13-15-17-19-21-25-43-31-35(46-27-23-29-48(37,38)39)33-45-34-36(47-28-24-30-49(40,41)42)32-44-26-22-20-18-16-14-12-10-8-6-4-2;;/h35-36H,3-34H2,1-2H3,(H,37,38,39)(H,40,41,42);;/q;2*+1/p-2. The monoisotopic (exact) mass is 790 g/mol. The summed E-state index contributed by atoms with van der Waals surface area (Å²) in [6.45, 7) is 6.67. The van der Waals surface area contributed by atoms with Gasteiger partial charge in [0.15, 0.2) is 0 Å². The molecule has 0 fully saturated rings. The van der Waals surface area contributed by atoms with Crippen molar-refractivity contribution in [3.05, 3.63) is 0 Å². The van der Waals surface area contributed by atoms with Gasteiger partial charge in [-0.05, 0) is 25.7 Å². The van der Waals surface area contributed by atoms with E-state index in [-0.39, 0.29) is 112 Å².